The van der Waals surface area contributed by atoms with Crippen LogP contribution in [0.15, 0.2) is 48.5 Å². The molecule has 1 aliphatic rings. The second-order valence-electron chi connectivity index (χ2n) is 8.28. The first-order valence-corrected chi connectivity index (χ1v) is 10.1. The highest BCUT2D eigenvalue weighted by atomic mass is 16.5. The SMILES string of the molecule is CC(C)(CC(=O)Nc1ccc2nc(CN3CCOCC3)[nH]c2c1)c1ccccc1. The minimum absolute atomic E-state index is 0.00579. The number of morpholine rings is 1. The van der Waals surface area contributed by atoms with Gasteiger partial charge in [0.2, 0.25) is 5.91 Å². The van der Waals surface area contributed by atoms with Crippen LogP contribution in [0.4, 0.5) is 5.69 Å². The third kappa shape index (κ3) is 4.83. The van der Waals surface area contributed by atoms with Crippen molar-refractivity contribution in [3.05, 3.63) is 59.9 Å². The first kappa shape index (κ1) is 19.6. The van der Waals surface area contributed by atoms with E-state index >= 15 is 0 Å². The van der Waals surface area contributed by atoms with Gasteiger partial charge in [-0.05, 0) is 29.2 Å². The number of benzene rings is 2. The largest absolute Gasteiger partial charge is 0.379 e. The fraction of sp³-hybridized carbons (Fsp3) is 0.391. The molecule has 0 radical (unpaired) electrons. The second-order valence-corrected chi connectivity index (χ2v) is 8.28. The molecule has 6 nitrogen and oxygen atoms in total. The Labute approximate surface area is 171 Å². The summed E-state index contributed by atoms with van der Waals surface area (Å²) in [6, 6.07) is 16.0. The number of ether oxygens (including phenoxy) is 1. The molecule has 4 rings (SSSR count). The summed E-state index contributed by atoms with van der Waals surface area (Å²) in [5, 5.41) is 3.04. The van der Waals surface area contributed by atoms with Crippen molar-refractivity contribution in [2.45, 2.75) is 32.2 Å². The number of aromatic amines is 1. The average Bonchev–Trinajstić information content (AvgIpc) is 3.10. The van der Waals surface area contributed by atoms with Gasteiger partial charge in [-0.2, -0.15) is 0 Å². The summed E-state index contributed by atoms with van der Waals surface area (Å²) in [5.74, 6) is 0.946. The Morgan fingerprint density at radius 1 is 1.17 bits per heavy atom. The van der Waals surface area contributed by atoms with Gasteiger partial charge in [-0.25, -0.2) is 4.98 Å². The molecule has 0 unspecified atom stereocenters. The van der Waals surface area contributed by atoms with Crippen molar-refractivity contribution in [3.8, 4) is 0 Å². The summed E-state index contributed by atoms with van der Waals surface area (Å²) >= 11 is 0. The predicted molar refractivity (Wildman–Crippen MR) is 115 cm³/mol. The molecular formula is C23H28N4O2. The molecule has 6 heteroatoms. The summed E-state index contributed by atoms with van der Waals surface area (Å²) in [6.45, 7) is 8.37. The smallest absolute Gasteiger partial charge is 0.225 e. The van der Waals surface area contributed by atoms with Crippen LogP contribution in [0.2, 0.25) is 0 Å². The van der Waals surface area contributed by atoms with E-state index in [9.17, 15) is 4.79 Å². The number of nitrogens with zero attached hydrogens (tertiary/aromatic N) is 2. The fourth-order valence-electron chi connectivity index (χ4n) is 3.78. The van der Waals surface area contributed by atoms with E-state index in [2.05, 4.69) is 46.2 Å². The fourth-order valence-corrected chi connectivity index (χ4v) is 3.78. The maximum absolute atomic E-state index is 12.6. The molecule has 0 atom stereocenters. The van der Waals surface area contributed by atoms with Crippen LogP contribution in [0, 0.1) is 0 Å². The topological polar surface area (TPSA) is 70.2 Å². The van der Waals surface area contributed by atoms with Gasteiger partial charge >= 0.3 is 0 Å². The number of rotatable bonds is 6. The van der Waals surface area contributed by atoms with Crippen LogP contribution in [0.5, 0.6) is 0 Å². The van der Waals surface area contributed by atoms with Gasteiger partial charge in [-0.1, -0.05) is 44.2 Å². The maximum Gasteiger partial charge on any atom is 0.225 e. The number of aromatic nitrogens is 2. The molecule has 0 aliphatic carbocycles. The Hall–Kier alpha value is -2.70. The van der Waals surface area contributed by atoms with Crippen LogP contribution in [0.1, 0.15) is 31.7 Å². The van der Waals surface area contributed by atoms with Crippen molar-refractivity contribution >= 4 is 22.6 Å². The highest BCUT2D eigenvalue weighted by molar-refractivity contribution is 5.93. The van der Waals surface area contributed by atoms with Gasteiger partial charge in [0.1, 0.15) is 5.82 Å². The molecule has 1 fully saturated rings. The highest BCUT2D eigenvalue weighted by Crippen LogP contribution is 2.27. The predicted octanol–water partition coefficient (Wildman–Crippen LogP) is 3.70. The molecule has 0 bridgehead atoms. The van der Waals surface area contributed by atoms with Crippen molar-refractivity contribution in [1.29, 1.82) is 0 Å². The van der Waals surface area contributed by atoms with E-state index < -0.39 is 0 Å². The summed E-state index contributed by atoms with van der Waals surface area (Å²) in [5.41, 5.74) is 3.57. The lowest BCUT2D eigenvalue weighted by Crippen LogP contribution is -2.35. The second kappa shape index (κ2) is 8.35. The number of hydrogen-bond donors (Lipinski definition) is 2. The average molecular weight is 393 g/mol. The zero-order valence-corrected chi connectivity index (χ0v) is 17.1. The zero-order valence-electron chi connectivity index (χ0n) is 17.1. The van der Waals surface area contributed by atoms with Crippen molar-refractivity contribution in [2.24, 2.45) is 0 Å². The Balaban J connectivity index is 1.42. The van der Waals surface area contributed by atoms with Crippen LogP contribution in [0.3, 0.4) is 0 Å². The van der Waals surface area contributed by atoms with Crippen molar-refractivity contribution in [2.75, 3.05) is 31.6 Å². The molecule has 152 valence electrons. The van der Waals surface area contributed by atoms with E-state index in [0.717, 1.165) is 61.0 Å². The number of amides is 1. The number of H-pyrrole nitrogens is 1. The Kier molecular flexibility index (Phi) is 5.65. The van der Waals surface area contributed by atoms with Gasteiger partial charge < -0.3 is 15.0 Å². The lowest BCUT2D eigenvalue weighted by Gasteiger charge is -2.25. The number of hydrogen-bond acceptors (Lipinski definition) is 4. The first-order valence-electron chi connectivity index (χ1n) is 10.1. The van der Waals surface area contributed by atoms with Gasteiger partial charge in [0.25, 0.3) is 0 Å². The number of nitrogens with one attached hydrogen (secondary N) is 2. The van der Waals surface area contributed by atoms with Crippen LogP contribution in [-0.2, 0) is 21.5 Å². The number of carbonyl (C=O) groups excluding carboxylic acids is 1. The minimum atomic E-state index is -0.227. The molecule has 1 aliphatic heterocycles. The van der Waals surface area contributed by atoms with Crippen molar-refractivity contribution < 1.29 is 9.53 Å². The lowest BCUT2D eigenvalue weighted by atomic mass is 9.81. The Bertz CT molecular complexity index is 975. The van der Waals surface area contributed by atoms with Crippen molar-refractivity contribution in [1.82, 2.24) is 14.9 Å². The van der Waals surface area contributed by atoms with Gasteiger partial charge in [0, 0.05) is 25.2 Å². The van der Waals surface area contributed by atoms with E-state index in [4.69, 9.17) is 4.74 Å². The molecule has 0 spiro atoms. The molecule has 2 aromatic carbocycles. The summed E-state index contributed by atoms with van der Waals surface area (Å²) in [4.78, 5) is 23.0. The Morgan fingerprint density at radius 2 is 1.93 bits per heavy atom. The van der Waals surface area contributed by atoms with Gasteiger partial charge in [0.15, 0.2) is 0 Å². The summed E-state index contributed by atoms with van der Waals surface area (Å²) in [6.07, 6.45) is 0.417. The number of imidazole rings is 1. The molecule has 1 aromatic heterocycles. The Morgan fingerprint density at radius 3 is 2.69 bits per heavy atom. The highest BCUT2D eigenvalue weighted by Gasteiger charge is 2.24. The van der Waals surface area contributed by atoms with Gasteiger partial charge in [-0.15, -0.1) is 0 Å². The van der Waals surface area contributed by atoms with Gasteiger partial charge in [-0.3, -0.25) is 9.69 Å². The normalized spacial score (nSPS) is 15.5. The summed E-state index contributed by atoms with van der Waals surface area (Å²) < 4.78 is 5.40. The summed E-state index contributed by atoms with van der Waals surface area (Å²) in [7, 11) is 0. The maximum atomic E-state index is 12.6. The molecule has 1 amide bonds. The van der Waals surface area contributed by atoms with Crippen LogP contribution < -0.4 is 5.32 Å². The minimum Gasteiger partial charge on any atom is -0.379 e. The third-order valence-corrected chi connectivity index (χ3v) is 5.45. The lowest BCUT2D eigenvalue weighted by molar-refractivity contribution is -0.117. The zero-order chi connectivity index (χ0) is 20.3. The third-order valence-electron chi connectivity index (χ3n) is 5.45. The molecular weight excluding hydrogens is 364 g/mol. The molecule has 2 heterocycles. The van der Waals surface area contributed by atoms with Crippen LogP contribution in [0.25, 0.3) is 11.0 Å². The van der Waals surface area contributed by atoms with E-state index in [1.165, 1.54) is 0 Å². The number of fused-ring (bicyclic) bond motifs is 1. The standard InChI is InChI=1S/C23H28N4O2/c1-23(2,17-6-4-3-5-7-17)15-22(28)24-18-8-9-19-20(14-18)26-21(25-19)16-27-10-12-29-13-11-27/h3-9,14H,10-13,15-16H2,1-2H3,(H,24,28)(H,25,26). The molecule has 0 saturated carbocycles. The van der Waals surface area contributed by atoms with Gasteiger partial charge in [0.05, 0.1) is 30.8 Å². The van der Waals surface area contributed by atoms with Crippen LogP contribution >= 0.6 is 0 Å². The van der Waals surface area contributed by atoms with E-state index in [1.807, 2.05) is 36.4 Å². The molecule has 2 N–H and O–H groups in total. The molecule has 29 heavy (non-hydrogen) atoms. The van der Waals surface area contributed by atoms with E-state index in [-0.39, 0.29) is 11.3 Å². The molecule has 3 aromatic rings. The van der Waals surface area contributed by atoms with Crippen molar-refractivity contribution in [3.63, 3.8) is 0 Å². The van der Waals surface area contributed by atoms with E-state index in [1.54, 1.807) is 0 Å². The quantitative estimate of drug-likeness (QED) is 0.671. The molecule has 1 saturated heterocycles. The number of carbonyl (C=O) groups is 1. The van der Waals surface area contributed by atoms with E-state index in [0.29, 0.717) is 6.42 Å². The number of anilines is 1. The monoisotopic (exact) mass is 392 g/mol. The van der Waals surface area contributed by atoms with Crippen LogP contribution in [-0.4, -0.2) is 47.1 Å². The first-order chi connectivity index (χ1) is 14.0.